The van der Waals surface area contributed by atoms with Crippen molar-refractivity contribution in [2.24, 2.45) is 4.99 Å². The number of esters is 1. The summed E-state index contributed by atoms with van der Waals surface area (Å²) >= 11 is 0. The number of aliphatic imine (C=N–C) groups is 1. The summed E-state index contributed by atoms with van der Waals surface area (Å²) in [6.07, 6.45) is 1.77. The molecule has 23 heavy (non-hydrogen) atoms. The number of nitrogens with zero attached hydrogens (tertiary/aromatic N) is 1. The number of benzene rings is 2. The zero-order chi connectivity index (χ0) is 16.9. The van der Waals surface area contributed by atoms with Crippen molar-refractivity contribution in [2.75, 3.05) is 6.61 Å². The molecule has 0 bridgehead atoms. The zero-order valence-electron chi connectivity index (χ0n) is 14.2. The number of hydrogen-bond acceptors (Lipinski definition) is 3. The van der Waals surface area contributed by atoms with Crippen molar-refractivity contribution in [3.05, 3.63) is 65.2 Å². The van der Waals surface area contributed by atoms with Crippen LogP contribution in [0.3, 0.4) is 0 Å². The summed E-state index contributed by atoms with van der Waals surface area (Å²) < 4.78 is 5.06. The molecule has 0 fully saturated rings. The van der Waals surface area contributed by atoms with Crippen LogP contribution in [0.4, 0.5) is 5.69 Å². The first-order valence-electron chi connectivity index (χ1n) is 7.82. The quantitative estimate of drug-likeness (QED) is 0.594. The summed E-state index contributed by atoms with van der Waals surface area (Å²) in [4.78, 5) is 16.4. The molecule has 0 N–H and O–H groups in total. The molecule has 0 heterocycles. The van der Waals surface area contributed by atoms with Gasteiger partial charge < -0.3 is 4.74 Å². The first-order chi connectivity index (χ1) is 10.9. The van der Waals surface area contributed by atoms with Crippen molar-refractivity contribution < 1.29 is 9.53 Å². The third-order valence-electron chi connectivity index (χ3n) is 3.53. The lowest BCUT2D eigenvalue weighted by atomic mass is 9.87. The predicted molar refractivity (Wildman–Crippen MR) is 94.8 cm³/mol. The normalized spacial score (nSPS) is 11.7. The number of carbonyl (C=O) groups is 1. The average molecular weight is 309 g/mol. The largest absolute Gasteiger partial charge is 0.462 e. The Bertz CT molecular complexity index is 694. The third kappa shape index (κ3) is 4.52. The van der Waals surface area contributed by atoms with Crippen LogP contribution in [0.5, 0.6) is 0 Å². The van der Waals surface area contributed by atoms with Gasteiger partial charge in [-0.25, -0.2) is 4.79 Å². The molecule has 0 saturated heterocycles. The molecule has 0 amide bonds. The smallest absolute Gasteiger partial charge is 0.340 e. The lowest BCUT2D eigenvalue weighted by molar-refractivity contribution is 0.0527. The monoisotopic (exact) mass is 309 g/mol. The van der Waals surface area contributed by atoms with Crippen LogP contribution in [0.1, 0.15) is 49.2 Å². The number of rotatable bonds is 4. The fraction of sp³-hybridized carbons (Fsp3) is 0.300. The Hall–Kier alpha value is -2.42. The van der Waals surface area contributed by atoms with E-state index >= 15 is 0 Å². The fourth-order valence-electron chi connectivity index (χ4n) is 2.18. The van der Waals surface area contributed by atoms with Crippen LogP contribution in [-0.4, -0.2) is 18.8 Å². The van der Waals surface area contributed by atoms with Crippen molar-refractivity contribution in [2.45, 2.75) is 33.1 Å². The Morgan fingerprint density at radius 1 is 1.09 bits per heavy atom. The van der Waals surface area contributed by atoms with E-state index in [-0.39, 0.29) is 11.4 Å². The summed E-state index contributed by atoms with van der Waals surface area (Å²) in [5, 5.41) is 0. The van der Waals surface area contributed by atoms with E-state index in [0.29, 0.717) is 17.9 Å². The van der Waals surface area contributed by atoms with E-state index in [4.69, 9.17) is 4.74 Å². The molecular weight excluding hydrogens is 286 g/mol. The van der Waals surface area contributed by atoms with E-state index in [1.54, 1.807) is 19.2 Å². The molecule has 0 atom stereocenters. The second kappa shape index (κ2) is 7.23. The first-order valence-corrected chi connectivity index (χ1v) is 7.82. The molecule has 2 aromatic carbocycles. The van der Waals surface area contributed by atoms with E-state index in [1.165, 1.54) is 5.56 Å². The minimum atomic E-state index is -0.344. The van der Waals surface area contributed by atoms with Gasteiger partial charge in [-0.2, -0.15) is 0 Å². The van der Waals surface area contributed by atoms with Crippen LogP contribution in [0.2, 0.25) is 0 Å². The second-order valence-electron chi connectivity index (χ2n) is 6.37. The molecule has 0 unspecified atom stereocenters. The van der Waals surface area contributed by atoms with Gasteiger partial charge in [0.1, 0.15) is 0 Å². The van der Waals surface area contributed by atoms with Crippen LogP contribution in [-0.2, 0) is 10.2 Å². The second-order valence-corrected chi connectivity index (χ2v) is 6.37. The van der Waals surface area contributed by atoms with Gasteiger partial charge >= 0.3 is 5.97 Å². The van der Waals surface area contributed by atoms with Crippen LogP contribution in [0, 0.1) is 0 Å². The molecule has 3 heteroatoms. The molecule has 2 aromatic rings. The van der Waals surface area contributed by atoms with Gasteiger partial charge in [0.25, 0.3) is 0 Å². The van der Waals surface area contributed by atoms with Gasteiger partial charge in [0, 0.05) is 6.21 Å². The maximum absolute atomic E-state index is 11.9. The molecule has 120 valence electrons. The molecule has 3 nitrogen and oxygen atoms in total. The van der Waals surface area contributed by atoms with Crippen LogP contribution >= 0.6 is 0 Å². The highest BCUT2D eigenvalue weighted by Crippen LogP contribution is 2.23. The van der Waals surface area contributed by atoms with Gasteiger partial charge in [-0.05, 0) is 35.6 Å². The SMILES string of the molecule is CCOC(=O)c1ccccc1N=Cc1ccc(C(C)(C)C)cc1. The minimum Gasteiger partial charge on any atom is -0.462 e. The molecule has 2 rings (SSSR count). The standard InChI is InChI=1S/C20H23NO2/c1-5-23-19(22)17-8-6-7-9-18(17)21-14-15-10-12-16(13-11-15)20(2,3)4/h6-14H,5H2,1-4H3. The topological polar surface area (TPSA) is 38.7 Å². The number of para-hydroxylation sites is 1. The van der Waals surface area contributed by atoms with Gasteiger partial charge in [0.15, 0.2) is 0 Å². The molecule has 0 spiro atoms. The fourth-order valence-corrected chi connectivity index (χ4v) is 2.18. The molecule has 0 aromatic heterocycles. The molecule has 0 aliphatic carbocycles. The van der Waals surface area contributed by atoms with Gasteiger partial charge in [-0.1, -0.05) is 57.2 Å². The summed E-state index contributed by atoms with van der Waals surface area (Å²) in [6, 6.07) is 15.5. The highest BCUT2D eigenvalue weighted by molar-refractivity contribution is 5.96. The van der Waals surface area contributed by atoms with Gasteiger partial charge in [-0.15, -0.1) is 0 Å². The molecule has 0 aliphatic heterocycles. The third-order valence-corrected chi connectivity index (χ3v) is 3.53. The van der Waals surface area contributed by atoms with Crippen molar-refractivity contribution >= 4 is 17.9 Å². The Morgan fingerprint density at radius 2 is 1.74 bits per heavy atom. The van der Waals surface area contributed by atoms with Gasteiger partial charge in [0.2, 0.25) is 0 Å². The minimum absolute atomic E-state index is 0.131. The Kier molecular flexibility index (Phi) is 5.32. The number of carbonyl (C=O) groups excluding carboxylic acids is 1. The van der Waals surface area contributed by atoms with Crippen molar-refractivity contribution in [3.63, 3.8) is 0 Å². The van der Waals surface area contributed by atoms with Crippen molar-refractivity contribution in [1.29, 1.82) is 0 Å². The van der Waals surface area contributed by atoms with Gasteiger partial charge in [0.05, 0.1) is 17.9 Å². The highest BCUT2D eigenvalue weighted by Gasteiger charge is 2.13. The summed E-state index contributed by atoms with van der Waals surface area (Å²) in [5.41, 5.74) is 3.51. The van der Waals surface area contributed by atoms with Crippen molar-refractivity contribution in [1.82, 2.24) is 0 Å². The maximum Gasteiger partial charge on any atom is 0.340 e. The van der Waals surface area contributed by atoms with E-state index < -0.39 is 0 Å². The van der Waals surface area contributed by atoms with E-state index in [1.807, 2.05) is 30.3 Å². The maximum atomic E-state index is 11.9. The first kappa shape index (κ1) is 16.9. The molecule has 0 radical (unpaired) electrons. The Balaban J connectivity index is 2.22. The molecule has 0 saturated carbocycles. The molecule has 0 aliphatic rings. The van der Waals surface area contributed by atoms with Crippen LogP contribution in [0.25, 0.3) is 0 Å². The molecular formula is C20H23NO2. The highest BCUT2D eigenvalue weighted by atomic mass is 16.5. The average Bonchev–Trinajstić information content (AvgIpc) is 2.53. The summed E-state index contributed by atoms with van der Waals surface area (Å²) in [7, 11) is 0. The lowest BCUT2D eigenvalue weighted by Crippen LogP contribution is -2.10. The lowest BCUT2D eigenvalue weighted by Gasteiger charge is -2.18. The van der Waals surface area contributed by atoms with Crippen LogP contribution in [0.15, 0.2) is 53.5 Å². The Morgan fingerprint density at radius 3 is 2.35 bits per heavy atom. The van der Waals surface area contributed by atoms with E-state index in [2.05, 4.69) is 37.9 Å². The number of ether oxygens (including phenoxy) is 1. The van der Waals surface area contributed by atoms with Crippen molar-refractivity contribution in [3.8, 4) is 0 Å². The summed E-state index contributed by atoms with van der Waals surface area (Å²) in [6.45, 7) is 8.70. The van der Waals surface area contributed by atoms with Crippen LogP contribution < -0.4 is 0 Å². The predicted octanol–water partition coefficient (Wildman–Crippen LogP) is 4.91. The van der Waals surface area contributed by atoms with Gasteiger partial charge in [-0.3, -0.25) is 4.99 Å². The summed E-state index contributed by atoms with van der Waals surface area (Å²) in [5.74, 6) is -0.344. The Labute approximate surface area is 138 Å². The zero-order valence-corrected chi connectivity index (χ0v) is 14.2. The van der Waals surface area contributed by atoms with E-state index in [9.17, 15) is 4.79 Å². The number of hydrogen-bond donors (Lipinski definition) is 0. The van der Waals surface area contributed by atoms with E-state index in [0.717, 1.165) is 5.56 Å².